The number of hydrogen-bond donors (Lipinski definition) is 2. The summed E-state index contributed by atoms with van der Waals surface area (Å²) in [5.74, 6) is -0.350. The molecule has 7 nitrogen and oxygen atoms in total. The van der Waals surface area contributed by atoms with Gasteiger partial charge in [0.05, 0.1) is 11.4 Å². The van der Waals surface area contributed by atoms with Crippen LogP contribution in [-0.2, 0) is 5.67 Å². The summed E-state index contributed by atoms with van der Waals surface area (Å²) in [7, 11) is 1.50. The van der Waals surface area contributed by atoms with Crippen LogP contribution in [0.15, 0.2) is 67.0 Å². The maximum absolute atomic E-state index is 14.3. The Morgan fingerprint density at radius 1 is 0.946 bits per heavy atom. The molecule has 37 heavy (non-hydrogen) atoms. The number of anilines is 1. The van der Waals surface area contributed by atoms with Crippen LogP contribution in [0.5, 0.6) is 0 Å². The van der Waals surface area contributed by atoms with Gasteiger partial charge in [-0.2, -0.15) is 0 Å². The summed E-state index contributed by atoms with van der Waals surface area (Å²) in [5.41, 5.74) is 9.52. The first kappa shape index (κ1) is 27.3. The van der Waals surface area contributed by atoms with E-state index in [1.165, 1.54) is 33.2 Å². The quantitative estimate of drug-likeness (QED) is 0.331. The van der Waals surface area contributed by atoms with Gasteiger partial charge in [-0.1, -0.05) is 6.07 Å². The number of alkyl halides is 1. The molecule has 0 spiro atoms. The SMILES string of the molecule is CN.Cc1cc(-c2cc(NC(=O)c3ccnc(C(C)(C)F)c3)ccc2C)cc(-c2ccnc(C=O)c2)n1. The van der Waals surface area contributed by atoms with Gasteiger partial charge in [0, 0.05) is 34.9 Å². The fourth-order valence-corrected chi connectivity index (χ4v) is 3.75. The third kappa shape index (κ3) is 6.68. The second kappa shape index (κ2) is 11.6. The molecule has 0 radical (unpaired) electrons. The number of nitrogens with one attached hydrogen (secondary N) is 1. The predicted molar refractivity (Wildman–Crippen MR) is 144 cm³/mol. The minimum Gasteiger partial charge on any atom is -0.333 e. The Morgan fingerprint density at radius 2 is 1.68 bits per heavy atom. The zero-order chi connectivity index (χ0) is 27.2. The van der Waals surface area contributed by atoms with Gasteiger partial charge in [0.2, 0.25) is 0 Å². The number of halogens is 1. The van der Waals surface area contributed by atoms with Gasteiger partial charge < -0.3 is 11.1 Å². The van der Waals surface area contributed by atoms with Gasteiger partial charge in [-0.15, -0.1) is 0 Å². The summed E-state index contributed by atoms with van der Waals surface area (Å²) >= 11 is 0. The maximum atomic E-state index is 14.3. The number of aryl methyl sites for hydroxylation is 2. The van der Waals surface area contributed by atoms with Crippen molar-refractivity contribution in [1.82, 2.24) is 15.0 Å². The van der Waals surface area contributed by atoms with E-state index >= 15 is 0 Å². The molecule has 8 heteroatoms. The molecule has 4 aromatic rings. The van der Waals surface area contributed by atoms with Crippen molar-refractivity contribution in [2.75, 3.05) is 12.4 Å². The Balaban J connectivity index is 0.00000186. The number of amides is 1. The Labute approximate surface area is 216 Å². The lowest BCUT2D eigenvalue weighted by Gasteiger charge is -2.15. The minimum atomic E-state index is -1.65. The zero-order valence-corrected chi connectivity index (χ0v) is 21.5. The first-order chi connectivity index (χ1) is 17.6. The van der Waals surface area contributed by atoms with Crippen molar-refractivity contribution in [1.29, 1.82) is 0 Å². The van der Waals surface area contributed by atoms with Crippen molar-refractivity contribution in [3.8, 4) is 22.4 Å². The molecular formula is C29H30FN5O2. The number of rotatable bonds is 6. The summed E-state index contributed by atoms with van der Waals surface area (Å²) < 4.78 is 14.3. The number of hydrogen-bond acceptors (Lipinski definition) is 6. The lowest BCUT2D eigenvalue weighted by Crippen LogP contribution is -2.16. The Hall–Kier alpha value is -4.30. The number of carbonyl (C=O) groups is 2. The molecule has 1 amide bonds. The predicted octanol–water partition coefficient (Wildman–Crippen LogP) is 5.67. The number of nitrogens with zero attached hydrogens (tertiary/aromatic N) is 3. The summed E-state index contributed by atoms with van der Waals surface area (Å²) in [6.07, 6.45) is 3.72. The van der Waals surface area contributed by atoms with Crippen LogP contribution in [0.25, 0.3) is 22.4 Å². The normalized spacial score (nSPS) is 10.8. The molecule has 0 aliphatic carbocycles. The summed E-state index contributed by atoms with van der Waals surface area (Å²) in [5, 5.41) is 2.90. The monoisotopic (exact) mass is 499 g/mol. The molecule has 0 atom stereocenters. The van der Waals surface area contributed by atoms with Crippen LogP contribution in [0, 0.1) is 13.8 Å². The zero-order valence-electron chi connectivity index (χ0n) is 21.5. The van der Waals surface area contributed by atoms with Crippen LogP contribution in [0.4, 0.5) is 10.1 Å². The molecule has 3 aromatic heterocycles. The second-order valence-corrected chi connectivity index (χ2v) is 8.86. The summed E-state index contributed by atoms with van der Waals surface area (Å²) in [4.78, 5) is 36.7. The van der Waals surface area contributed by atoms with Gasteiger partial charge in [-0.25, -0.2) is 4.39 Å². The molecule has 0 saturated carbocycles. The fraction of sp³-hybridized carbons (Fsp3) is 0.207. The van der Waals surface area contributed by atoms with Crippen LogP contribution in [-0.4, -0.2) is 34.2 Å². The fourth-order valence-electron chi connectivity index (χ4n) is 3.75. The van der Waals surface area contributed by atoms with E-state index in [2.05, 4.69) is 26.0 Å². The lowest BCUT2D eigenvalue weighted by molar-refractivity contribution is 0.102. The molecule has 190 valence electrons. The molecule has 0 aliphatic rings. The topological polar surface area (TPSA) is 111 Å². The van der Waals surface area contributed by atoms with Crippen LogP contribution in [0.2, 0.25) is 0 Å². The smallest absolute Gasteiger partial charge is 0.255 e. The molecule has 3 heterocycles. The van der Waals surface area contributed by atoms with Gasteiger partial charge >= 0.3 is 0 Å². The first-order valence-corrected chi connectivity index (χ1v) is 11.7. The average Bonchev–Trinajstić information content (AvgIpc) is 2.90. The Bertz CT molecular complexity index is 1430. The molecule has 1 aromatic carbocycles. The number of aldehydes is 1. The van der Waals surface area contributed by atoms with Crippen LogP contribution >= 0.6 is 0 Å². The van der Waals surface area contributed by atoms with E-state index in [0.717, 1.165) is 33.6 Å². The number of nitrogens with two attached hydrogens (primary N) is 1. The maximum Gasteiger partial charge on any atom is 0.255 e. The molecule has 0 unspecified atom stereocenters. The van der Waals surface area contributed by atoms with Gasteiger partial charge in [0.25, 0.3) is 5.91 Å². The molecule has 0 aliphatic heterocycles. The van der Waals surface area contributed by atoms with Crippen LogP contribution < -0.4 is 11.1 Å². The molecule has 0 bridgehead atoms. The second-order valence-electron chi connectivity index (χ2n) is 8.86. The van der Waals surface area contributed by atoms with Gasteiger partial charge in [-0.05, 0) is 100.0 Å². The third-order valence-corrected chi connectivity index (χ3v) is 5.59. The molecule has 0 saturated heterocycles. The highest BCUT2D eigenvalue weighted by Gasteiger charge is 2.22. The standard InChI is InChI=1S/C28H25FN4O2.CH5N/c1-17-5-6-22(33-27(35)20-8-10-31-26(14-20)28(3,4)29)15-24(17)21-11-18(2)32-25(13-21)19-7-9-30-23(12-19)16-34;1-2/h5-16H,1-4H3,(H,33,35);2H2,1H3. The number of aromatic nitrogens is 3. The van der Waals surface area contributed by atoms with Gasteiger partial charge in [-0.3, -0.25) is 24.5 Å². The van der Waals surface area contributed by atoms with E-state index in [-0.39, 0.29) is 11.6 Å². The molecule has 4 rings (SSSR count). The van der Waals surface area contributed by atoms with Crippen molar-refractivity contribution in [3.63, 3.8) is 0 Å². The van der Waals surface area contributed by atoms with Gasteiger partial charge in [0.15, 0.2) is 6.29 Å². The van der Waals surface area contributed by atoms with Crippen molar-refractivity contribution in [2.24, 2.45) is 5.73 Å². The molecule has 3 N–H and O–H groups in total. The van der Waals surface area contributed by atoms with Gasteiger partial charge in [0.1, 0.15) is 11.4 Å². The Morgan fingerprint density at radius 3 is 2.38 bits per heavy atom. The summed E-state index contributed by atoms with van der Waals surface area (Å²) in [6.45, 7) is 6.70. The minimum absolute atomic E-state index is 0.198. The highest BCUT2D eigenvalue weighted by Crippen LogP contribution is 2.31. The van der Waals surface area contributed by atoms with E-state index in [0.29, 0.717) is 23.2 Å². The number of carbonyl (C=O) groups excluding carboxylic acids is 2. The van der Waals surface area contributed by atoms with Crippen LogP contribution in [0.3, 0.4) is 0 Å². The number of pyridine rings is 3. The Kier molecular flexibility index (Phi) is 8.57. The van der Waals surface area contributed by atoms with E-state index < -0.39 is 5.67 Å². The van der Waals surface area contributed by atoms with Crippen molar-refractivity contribution in [3.05, 3.63) is 95.2 Å². The highest BCUT2D eigenvalue weighted by atomic mass is 19.1. The first-order valence-electron chi connectivity index (χ1n) is 11.7. The van der Waals surface area contributed by atoms with E-state index in [4.69, 9.17) is 0 Å². The average molecular weight is 500 g/mol. The molecular weight excluding hydrogens is 469 g/mol. The van der Waals surface area contributed by atoms with E-state index in [1.54, 1.807) is 18.3 Å². The van der Waals surface area contributed by atoms with Crippen molar-refractivity contribution < 1.29 is 14.0 Å². The van der Waals surface area contributed by atoms with Crippen molar-refractivity contribution >= 4 is 17.9 Å². The number of benzene rings is 1. The van der Waals surface area contributed by atoms with Crippen molar-refractivity contribution in [2.45, 2.75) is 33.4 Å². The van der Waals surface area contributed by atoms with E-state index in [1.807, 2.05) is 50.2 Å². The summed E-state index contributed by atoms with van der Waals surface area (Å²) in [6, 6.07) is 16.1. The third-order valence-electron chi connectivity index (χ3n) is 5.59. The van der Waals surface area contributed by atoms with Crippen LogP contribution in [0.1, 0.15) is 51.6 Å². The lowest BCUT2D eigenvalue weighted by atomic mass is 9.98. The molecule has 0 fully saturated rings. The highest BCUT2D eigenvalue weighted by molar-refractivity contribution is 6.04. The van der Waals surface area contributed by atoms with E-state index in [9.17, 15) is 14.0 Å². The largest absolute Gasteiger partial charge is 0.333 e.